The molecular formula is C23H26N4O3. The average Bonchev–Trinajstić information content (AvgIpc) is 3.02. The standard InChI is InChI=1S/C23H26N4O3/c1-4-19(20-8-6-5-7-9-20)14-24-23(28)21-12-10-18(11-13-21)15-26-17(3)22(27(29)30)16(2)25-26/h5-13,19H,4,14-15H2,1-3H3,(H,24,28). The Bertz CT molecular complexity index is 1030. The first-order valence-corrected chi connectivity index (χ1v) is 10.0. The van der Waals surface area contributed by atoms with E-state index in [0.29, 0.717) is 30.0 Å². The molecule has 0 aliphatic heterocycles. The lowest BCUT2D eigenvalue weighted by Crippen LogP contribution is -2.28. The van der Waals surface area contributed by atoms with Crippen LogP contribution in [0.4, 0.5) is 5.69 Å². The van der Waals surface area contributed by atoms with Crippen LogP contribution < -0.4 is 5.32 Å². The highest BCUT2D eigenvalue weighted by Crippen LogP contribution is 2.23. The van der Waals surface area contributed by atoms with Gasteiger partial charge in [0.1, 0.15) is 11.4 Å². The molecule has 1 N–H and O–H groups in total. The molecule has 0 saturated carbocycles. The maximum Gasteiger partial charge on any atom is 0.312 e. The Hall–Kier alpha value is -3.48. The highest BCUT2D eigenvalue weighted by Gasteiger charge is 2.21. The van der Waals surface area contributed by atoms with Crippen molar-refractivity contribution >= 4 is 11.6 Å². The second-order valence-corrected chi connectivity index (χ2v) is 7.36. The van der Waals surface area contributed by atoms with Gasteiger partial charge in [-0.1, -0.05) is 49.4 Å². The predicted octanol–water partition coefficient (Wildman–Crippen LogP) is 4.38. The Morgan fingerprint density at radius 2 is 1.80 bits per heavy atom. The van der Waals surface area contributed by atoms with E-state index in [1.54, 1.807) is 30.7 Å². The molecule has 0 saturated heterocycles. The van der Waals surface area contributed by atoms with Crippen molar-refractivity contribution in [2.75, 3.05) is 6.54 Å². The van der Waals surface area contributed by atoms with Crippen molar-refractivity contribution in [1.29, 1.82) is 0 Å². The molecule has 1 heterocycles. The van der Waals surface area contributed by atoms with Gasteiger partial charge in [-0.05, 0) is 43.5 Å². The molecule has 3 rings (SSSR count). The van der Waals surface area contributed by atoms with E-state index in [1.165, 1.54) is 5.56 Å². The minimum atomic E-state index is -0.402. The molecule has 0 radical (unpaired) electrons. The van der Waals surface area contributed by atoms with Crippen molar-refractivity contribution in [2.45, 2.75) is 39.7 Å². The number of carbonyl (C=O) groups excluding carboxylic acids is 1. The molecule has 1 unspecified atom stereocenters. The summed E-state index contributed by atoms with van der Waals surface area (Å²) < 4.78 is 1.62. The van der Waals surface area contributed by atoms with E-state index in [1.807, 2.05) is 30.3 Å². The van der Waals surface area contributed by atoms with Crippen LogP contribution in [0, 0.1) is 24.0 Å². The molecule has 30 heavy (non-hydrogen) atoms. The van der Waals surface area contributed by atoms with Gasteiger partial charge in [0.05, 0.1) is 11.5 Å². The third-order valence-electron chi connectivity index (χ3n) is 5.35. The maximum atomic E-state index is 12.5. The summed E-state index contributed by atoms with van der Waals surface area (Å²) in [6.45, 7) is 6.43. The molecule has 3 aromatic rings. The summed E-state index contributed by atoms with van der Waals surface area (Å²) in [6.07, 6.45) is 0.942. The van der Waals surface area contributed by atoms with E-state index in [0.717, 1.165) is 12.0 Å². The van der Waals surface area contributed by atoms with Crippen molar-refractivity contribution in [3.63, 3.8) is 0 Å². The molecule has 1 atom stereocenters. The molecular weight excluding hydrogens is 380 g/mol. The number of amides is 1. The van der Waals surface area contributed by atoms with Crippen molar-refractivity contribution < 1.29 is 9.72 Å². The zero-order valence-electron chi connectivity index (χ0n) is 17.5. The number of aromatic nitrogens is 2. The van der Waals surface area contributed by atoms with Crippen LogP contribution in [-0.4, -0.2) is 27.2 Å². The van der Waals surface area contributed by atoms with Gasteiger partial charge in [0.25, 0.3) is 5.91 Å². The second-order valence-electron chi connectivity index (χ2n) is 7.36. The Morgan fingerprint density at radius 3 is 2.37 bits per heavy atom. The number of hydrogen-bond donors (Lipinski definition) is 1. The highest BCUT2D eigenvalue weighted by atomic mass is 16.6. The van der Waals surface area contributed by atoms with Crippen LogP contribution in [-0.2, 0) is 6.54 Å². The van der Waals surface area contributed by atoms with Crippen LogP contribution in [0.3, 0.4) is 0 Å². The smallest absolute Gasteiger partial charge is 0.312 e. The topological polar surface area (TPSA) is 90.1 Å². The number of nitro groups is 1. The van der Waals surface area contributed by atoms with Crippen LogP contribution in [0.1, 0.15) is 52.1 Å². The van der Waals surface area contributed by atoms with Gasteiger partial charge in [-0.3, -0.25) is 19.6 Å². The van der Waals surface area contributed by atoms with E-state index < -0.39 is 4.92 Å². The monoisotopic (exact) mass is 406 g/mol. The number of hydrogen-bond acceptors (Lipinski definition) is 4. The Labute approximate surface area is 175 Å². The van der Waals surface area contributed by atoms with E-state index in [-0.39, 0.29) is 17.5 Å². The minimum absolute atomic E-state index is 0.0508. The molecule has 0 aliphatic rings. The fourth-order valence-corrected chi connectivity index (χ4v) is 3.58. The first-order chi connectivity index (χ1) is 14.4. The number of rotatable bonds is 8. The maximum absolute atomic E-state index is 12.5. The average molecular weight is 406 g/mol. The number of aryl methyl sites for hydroxylation is 1. The summed E-state index contributed by atoms with van der Waals surface area (Å²) in [5.41, 5.74) is 3.69. The van der Waals surface area contributed by atoms with Crippen LogP contribution in [0.15, 0.2) is 54.6 Å². The lowest BCUT2D eigenvalue weighted by atomic mass is 9.96. The first-order valence-electron chi connectivity index (χ1n) is 10.0. The summed E-state index contributed by atoms with van der Waals surface area (Å²) in [7, 11) is 0. The second kappa shape index (κ2) is 9.35. The fraction of sp³-hybridized carbons (Fsp3) is 0.304. The molecule has 156 valence electrons. The van der Waals surface area contributed by atoms with E-state index in [2.05, 4.69) is 29.5 Å². The van der Waals surface area contributed by atoms with Crippen molar-refractivity contribution in [2.24, 2.45) is 0 Å². The minimum Gasteiger partial charge on any atom is -0.351 e. The normalized spacial score (nSPS) is 11.8. The van der Waals surface area contributed by atoms with Gasteiger partial charge in [0, 0.05) is 18.0 Å². The number of benzene rings is 2. The molecule has 7 heteroatoms. The summed E-state index contributed by atoms with van der Waals surface area (Å²) in [4.78, 5) is 23.3. The summed E-state index contributed by atoms with van der Waals surface area (Å²) in [6, 6.07) is 17.4. The lowest BCUT2D eigenvalue weighted by Gasteiger charge is -2.16. The molecule has 0 aliphatic carbocycles. The molecule has 0 spiro atoms. The van der Waals surface area contributed by atoms with Crippen molar-refractivity contribution in [3.8, 4) is 0 Å². The first kappa shape index (κ1) is 21.2. The van der Waals surface area contributed by atoms with Crippen LogP contribution >= 0.6 is 0 Å². The summed E-state index contributed by atoms with van der Waals surface area (Å²) >= 11 is 0. The third kappa shape index (κ3) is 4.74. The van der Waals surface area contributed by atoms with Gasteiger partial charge in [-0.2, -0.15) is 5.10 Å². The third-order valence-corrected chi connectivity index (χ3v) is 5.35. The number of nitrogens with zero attached hydrogens (tertiary/aromatic N) is 3. The Morgan fingerprint density at radius 1 is 1.13 bits per heavy atom. The van der Waals surface area contributed by atoms with Crippen molar-refractivity contribution in [3.05, 3.63) is 92.8 Å². The zero-order valence-corrected chi connectivity index (χ0v) is 17.5. The quantitative estimate of drug-likeness (QED) is 0.444. The molecule has 7 nitrogen and oxygen atoms in total. The Balaban J connectivity index is 1.63. The van der Waals surface area contributed by atoms with Crippen LogP contribution in [0.2, 0.25) is 0 Å². The van der Waals surface area contributed by atoms with E-state index >= 15 is 0 Å². The highest BCUT2D eigenvalue weighted by molar-refractivity contribution is 5.94. The van der Waals surface area contributed by atoms with Gasteiger partial charge in [-0.15, -0.1) is 0 Å². The lowest BCUT2D eigenvalue weighted by molar-refractivity contribution is -0.386. The number of carbonyl (C=O) groups is 1. The van der Waals surface area contributed by atoms with Crippen LogP contribution in [0.25, 0.3) is 0 Å². The SMILES string of the molecule is CCC(CNC(=O)c1ccc(Cn2nc(C)c([N+](=O)[O-])c2C)cc1)c1ccccc1. The van der Waals surface area contributed by atoms with Gasteiger partial charge in [-0.25, -0.2) is 0 Å². The molecule has 2 aromatic carbocycles. The van der Waals surface area contributed by atoms with Gasteiger partial charge in [0.15, 0.2) is 0 Å². The number of nitrogens with one attached hydrogen (secondary N) is 1. The summed E-state index contributed by atoms with van der Waals surface area (Å²) in [5, 5.41) is 18.4. The fourth-order valence-electron chi connectivity index (χ4n) is 3.58. The molecule has 1 amide bonds. The zero-order chi connectivity index (χ0) is 21.7. The molecule has 0 fully saturated rings. The van der Waals surface area contributed by atoms with Crippen molar-refractivity contribution in [1.82, 2.24) is 15.1 Å². The van der Waals surface area contributed by atoms with Gasteiger partial charge < -0.3 is 5.32 Å². The molecule has 0 bridgehead atoms. The van der Waals surface area contributed by atoms with Crippen LogP contribution in [0.5, 0.6) is 0 Å². The van der Waals surface area contributed by atoms with E-state index in [4.69, 9.17) is 0 Å². The predicted molar refractivity (Wildman–Crippen MR) is 116 cm³/mol. The summed E-state index contributed by atoms with van der Waals surface area (Å²) in [5.74, 6) is 0.161. The van der Waals surface area contributed by atoms with Gasteiger partial charge >= 0.3 is 5.69 Å². The largest absolute Gasteiger partial charge is 0.351 e. The van der Waals surface area contributed by atoms with E-state index in [9.17, 15) is 14.9 Å². The molecule has 1 aromatic heterocycles. The Kier molecular flexibility index (Phi) is 6.61. The van der Waals surface area contributed by atoms with Gasteiger partial charge in [0.2, 0.25) is 0 Å².